The fraction of sp³-hybridized carbons (Fsp3) is 0.364. The van der Waals surface area contributed by atoms with Crippen molar-refractivity contribution in [1.29, 1.82) is 0 Å². The van der Waals surface area contributed by atoms with Crippen LogP contribution in [0.25, 0.3) is 0 Å². The summed E-state index contributed by atoms with van der Waals surface area (Å²) >= 11 is 5.76. The summed E-state index contributed by atoms with van der Waals surface area (Å²) in [5.74, 6) is -0.574. The smallest absolute Gasteiger partial charge is 0.226 e. The Labute approximate surface area is 98.3 Å². The van der Waals surface area contributed by atoms with Gasteiger partial charge in [-0.1, -0.05) is 11.6 Å². The number of hydrogen-bond acceptors (Lipinski definition) is 2. The van der Waals surface area contributed by atoms with Gasteiger partial charge in [0.25, 0.3) is 0 Å². The Hall–Kier alpha value is -1.29. The Morgan fingerprint density at radius 2 is 2.19 bits per heavy atom. The molecule has 88 valence electrons. The van der Waals surface area contributed by atoms with E-state index >= 15 is 0 Å². The molecule has 0 saturated heterocycles. The van der Waals surface area contributed by atoms with Gasteiger partial charge in [-0.2, -0.15) is 0 Å². The van der Waals surface area contributed by atoms with Crippen molar-refractivity contribution in [2.24, 2.45) is 11.1 Å². The van der Waals surface area contributed by atoms with Crippen LogP contribution in [0.2, 0.25) is 5.02 Å². The third kappa shape index (κ3) is 3.10. The van der Waals surface area contributed by atoms with E-state index in [1.54, 1.807) is 13.8 Å². The van der Waals surface area contributed by atoms with Crippen LogP contribution in [-0.4, -0.2) is 12.5 Å². The predicted octanol–water partition coefficient (Wildman–Crippen LogP) is 2.37. The van der Waals surface area contributed by atoms with Gasteiger partial charge in [-0.25, -0.2) is 4.39 Å². The number of ether oxygens (including phenoxy) is 1. The summed E-state index contributed by atoms with van der Waals surface area (Å²) in [6.45, 7) is 3.41. The van der Waals surface area contributed by atoms with Crippen molar-refractivity contribution in [3.05, 3.63) is 29.0 Å². The molecular weight excluding hydrogens is 233 g/mol. The lowest BCUT2D eigenvalue weighted by atomic mass is 9.94. The highest BCUT2D eigenvalue weighted by molar-refractivity contribution is 6.32. The molecule has 16 heavy (non-hydrogen) atoms. The van der Waals surface area contributed by atoms with Gasteiger partial charge in [-0.15, -0.1) is 0 Å². The highest BCUT2D eigenvalue weighted by Gasteiger charge is 2.26. The highest BCUT2D eigenvalue weighted by atomic mass is 35.5. The van der Waals surface area contributed by atoms with Gasteiger partial charge in [0.15, 0.2) is 0 Å². The zero-order valence-corrected chi connectivity index (χ0v) is 9.84. The maximum atomic E-state index is 12.7. The average Bonchev–Trinajstić information content (AvgIpc) is 2.16. The molecule has 0 aliphatic heterocycles. The molecule has 0 radical (unpaired) electrons. The van der Waals surface area contributed by atoms with Crippen molar-refractivity contribution in [2.75, 3.05) is 6.61 Å². The first kappa shape index (κ1) is 12.8. The van der Waals surface area contributed by atoms with E-state index in [-0.39, 0.29) is 11.6 Å². The fourth-order valence-electron chi connectivity index (χ4n) is 0.922. The van der Waals surface area contributed by atoms with E-state index in [2.05, 4.69) is 0 Å². The van der Waals surface area contributed by atoms with Crippen LogP contribution in [0.15, 0.2) is 18.2 Å². The van der Waals surface area contributed by atoms with E-state index in [0.29, 0.717) is 5.75 Å². The van der Waals surface area contributed by atoms with Crippen molar-refractivity contribution in [1.82, 2.24) is 0 Å². The number of amides is 1. The molecule has 0 fully saturated rings. The van der Waals surface area contributed by atoms with Crippen molar-refractivity contribution in [3.8, 4) is 5.75 Å². The minimum absolute atomic E-state index is 0.0910. The normalized spacial score (nSPS) is 11.2. The van der Waals surface area contributed by atoms with Crippen LogP contribution >= 0.6 is 11.6 Å². The van der Waals surface area contributed by atoms with Crippen molar-refractivity contribution >= 4 is 17.5 Å². The van der Waals surface area contributed by atoms with Gasteiger partial charge in [0.1, 0.15) is 18.2 Å². The molecule has 0 atom stereocenters. The Kier molecular flexibility index (Phi) is 3.75. The molecule has 1 rings (SSSR count). The molecule has 0 saturated carbocycles. The number of hydrogen-bond donors (Lipinski definition) is 1. The summed E-state index contributed by atoms with van der Waals surface area (Å²) in [5, 5.41) is 0.167. The van der Waals surface area contributed by atoms with Gasteiger partial charge in [0, 0.05) is 0 Å². The van der Waals surface area contributed by atoms with Crippen LogP contribution < -0.4 is 10.5 Å². The first-order valence-electron chi connectivity index (χ1n) is 4.71. The largest absolute Gasteiger partial charge is 0.491 e. The number of halogens is 2. The van der Waals surface area contributed by atoms with Crippen LogP contribution in [0.4, 0.5) is 4.39 Å². The van der Waals surface area contributed by atoms with Gasteiger partial charge in [-0.05, 0) is 32.0 Å². The molecular formula is C11H13ClFNO2. The Morgan fingerprint density at radius 3 is 2.69 bits per heavy atom. The van der Waals surface area contributed by atoms with Crippen LogP contribution in [0, 0.1) is 11.2 Å². The Morgan fingerprint density at radius 1 is 1.56 bits per heavy atom. The topological polar surface area (TPSA) is 52.3 Å². The zero-order valence-electron chi connectivity index (χ0n) is 9.09. The highest BCUT2D eigenvalue weighted by Crippen LogP contribution is 2.26. The second kappa shape index (κ2) is 4.70. The molecule has 5 heteroatoms. The first-order valence-corrected chi connectivity index (χ1v) is 5.08. The molecule has 0 spiro atoms. The SMILES string of the molecule is CC(C)(COc1ccc(F)cc1Cl)C(N)=O. The van der Waals surface area contributed by atoms with Crippen LogP contribution in [0.3, 0.4) is 0 Å². The van der Waals surface area contributed by atoms with E-state index in [4.69, 9.17) is 22.1 Å². The van der Waals surface area contributed by atoms with E-state index in [1.807, 2.05) is 0 Å². The van der Waals surface area contributed by atoms with Crippen molar-refractivity contribution < 1.29 is 13.9 Å². The number of benzene rings is 1. The number of carbonyl (C=O) groups excluding carboxylic acids is 1. The molecule has 0 aliphatic carbocycles. The molecule has 3 nitrogen and oxygen atoms in total. The molecule has 2 N–H and O–H groups in total. The van der Waals surface area contributed by atoms with E-state index in [0.717, 1.165) is 6.07 Å². The van der Waals surface area contributed by atoms with Crippen LogP contribution in [0.1, 0.15) is 13.8 Å². The summed E-state index contributed by atoms with van der Waals surface area (Å²) < 4.78 is 18.1. The fourth-order valence-corrected chi connectivity index (χ4v) is 1.14. The summed E-state index contributed by atoms with van der Waals surface area (Å²) in [5.41, 5.74) is 4.39. The lowest BCUT2D eigenvalue weighted by Gasteiger charge is -2.21. The maximum Gasteiger partial charge on any atom is 0.226 e. The van der Waals surface area contributed by atoms with Gasteiger partial charge in [-0.3, -0.25) is 4.79 Å². The number of primary amides is 1. The minimum Gasteiger partial charge on any atom is -0.491 e. The average molecular weight is 246 g/mol. The summed E-state index contributed by atoms with van der Waals surface area (Å²) in [6, 6.07) is 3.79. The van der Waals surface area contributed by atoms with Crippen molar-refractivity contribution in [3.63, 3.8) is 0 Å². The molecule has 0 aromatic heterocycles. The third-order valence-corrected chi connectivity index (χ3v) is 2.44. The van der Waals surface area contributed by atoms with Gasteiger partial charge < -0.3 is 10.5 Å². The molecule has 1 amide bonds. The Balaban J connectivity index is 2.72. The summed E-state index contributed by atoms with van der Waals surface area (Å²) in [7, 11) is 0. The first-order chi connectivity index (χ1) is 7.33. The van der Waals surface area contributed by atoms with E-state index in [1.165, 1.54) is 12.1 Å². The second-order valence-corrected chi connectivity index (χ2v) is 4.52. The number of rotatable bonds is 4. The third-order valence-electron chi connectivity index (χ3n) is 2.15. The van der Waals surface area contributed by atoms with E-state index < -0.39 is 17.1 Å². The molecule has 0 aliphatic rings. The molecule has 1 aromatic rings. The van der Waals surface area contributed by atoms with E-state index in [9.17, 15) is 9.18 Å². The van der Waals surface area contributed by atoms with Gasteiger partial charge in [0.05, 0.1) is 10.4 Å². The molecule has 0 bridgehead atoms. The minimum atomic E-state index is -0.794. The van der Waals surface area contributed by atoms with Crippen LogP contribution in [-0.2, 0) is 4.79 Å². The molecule has 1 aromatic carbocycles. The summed E-state index contributed by atoms with van der Waals surface area (Å²) in [6.07, 6.45) is 0. The lowest BCUT2D eigenvalue weighted by Crippen LogP contribution is -2.36. The maximum absolute atomic E-state index is 12.7. The summed E-state index contributed by atoms with van der Waals surface area (Å²) in [4.78, 5) is 11.0. The number of carbonyl (C=O) groups is 1. The number of nitrogens with two attached hydrogens (primary N) is 1. The molecule has 0 heterocycles. The lowest BCUT2D eigenvalue weighted by molar-refractivity contribution is -0.127. The van der Waals surface area contributed by atoms with Crippen molar-refractivity contribution in [2.45, 2.75) is 13.8 Å². The predicted molar refractivity (Wildman–Crippen MR) is 59.9 cm³/mol. The quantitative estimate of drug-likeness (QED) is 0.885. The van der Waals surface area contributed by atoms with Gasteiger partial charge >= 0.3 is 0 Å². The molecule has 0 unspecified atom stereocenters. The Bertz CT molecular complexity index is 407. The van der Waals surface area contributed by atoms with Gasteiger partial charge in [0.2, 0.25) is 5.91 Å². The second-order valence-electron chi connectivity index (χ2n) is 4.11. The standard InChI is InChI=1S/C11H13ClFNO2/c1-11(2,10(14)15)6-16-9-4-3-7(13)5-8(9)12/h3-5H,6H2,1-2H3,(H2,14,15). The zero-order chi connectivity index (χ0) is 12.3. The monoisotopic (exact) mass is 245 g/mol. The van der Waals surface area contributed by atoms with Crippen LogP contribution in [0.5, 0.6) is 5.75 Å².